The number of anilines is 1. The van der Waals surface area contributed by atoms with Gasteiger partial charge in [-0.3, -0.25) is 14.4 Å². The average Bonchev–Trinajstić information content (AvgIpc) is 2.70. The second-order valence-corrected chi connectivity index (χ2v) is 5.72. The average molecular weight is 364 g/mol. The van der Waals surface area contributed by atoms with Gasteiger partial charge in [-0.25, -0.2) is 0 Å². The third-order valence-corrected chi connectivity index (χ3v) is 3.81. The Kier molecular flexibility index (Phi) is 6.73. The summed E-state index contributed by atoms with van der Waals surface area (Å²) >= 11 is 0. The molecule has 0 atom stereocenters. The van der Waals surface area contributed by atoms with Crippen LogP contribution in [0.15, 0.2) is 48.5 Å². The van der Waals surface area contributed by atoms with Gasteiger partial charge in [-0.2, -0.15) is 0 Å². The maximum Gasteiger partial charge on any atom is 0.265 e. The molecular weight excluding hydrogens is 344 g/mol. The fraction of sp³-hybridized carbons (Fsp3) is 0.190. The van der Waals surface area contributed by atoms with E-state index >= 15 is 0 Å². The molecule has 0 unspecified atom stereocenters. The van der Waals surface area contributed by atoms with Crippen molar-refractivity contribution >= 4 is 23.3 Å². The van der Waals surface area contributed by atoms with Crippen molar-refractivity contribution in [2.45, 2.75) is 6.92 Å². The van der Waals surface area contributed by atoms with E-state index in [-0.39, 0.29) is 24.8 Å². The van der Waals surface area contributed by atoms with Crippen molar-refractivity contribution in [2.75, 3.05) is 25.1 Å². The van der Waals surface area contributed by atoms with Gasteiger partial charge in [0.25, 0.3) is 5.91 Å². The van der Waals surface area contributed by atoms with Crippen molar-refractivity contribution in [3.63, 3.8) is 0 Å². The van der Waals surface area contributed by atoms with Crippen LogP contribution in [0, 0.1) is 12.3 Å². The van der Waals surface area contributed by atoms with E-state index < -0.39 is 5.91 Å². The number of hydrogen-bond acceptors (Lipinski definition) is 4. The number of carbonyl (C=O) groups is 3. The molecule has 0 aromatic heterocycles. The number of terminal acetylenes is 1. The fourth-order valence-corrected chi connectivity index (χ4v) is 2.34. The normalized spacial score (nSPS) is 9.81. The molecule has 2 amide bonds. The number of likely N-dealkylation sites (N-methyl/N-ethyl adjacent to an activating group) is 1. The summed E-state index contributed by atoms with van der Waals surface area (Å²) in [6.45, 7) is 0.993. The molecule has 0 heterocycles. The minimum atomic E-state index is -0.416. The fourth-order valence-electron chi connectivity index (χ4n) is 2.34. The predicted octanol–water partition coefficient (Wildman–Crippen LogP) is 2.03. The Labute approximate surface area is 158 Å². The molecule has 0 aliphatic rings. The number of nitrogens with zero attached hydrogens (tertiary/aromatic N) is 1. The largest absolute Gasteiger partial charge is 0.484 e. The van der Waals surface area contributed by atoms with Gasteiger partial charge < -0.3 is 15.0 Å². The van der Waals surface area contributed by atoms with Crippen LogP contribution < -0.4 is 15.0 Å². The van der Waals surface area contributed by atoms with Crippen molar-refractivity contribution in [1.29, 1.82) is 0 Å². The van der Waals surface area contributed by atoms with Gasteiger partial charge in [-0.05, 0) is 37.3 Å². The lowest BCUT2D eigenvalue weighted by Crippen LogP contribution is -2.42. The molecular formula is C21H20N2O4. The summed E-state index contributed by atoms with van der Waals surface area (Å²) in [5.74, 6) is 2.06. The number of amides is 2. The smallest absolute Gasteiger partial charge is 0.265 e. The van der Waals surface area contributed by atoms with Crippen LogP contribution in [0.1, 0.15) is 22.8 Å². The number of Topliss-reactive ketones (excluding diaryl/α,β-unsaturated/α-hetero) is 1. The van der Waals surface area contributed by atoms with Crippen LogP contribution in [0.4, 0.5) is 5.69 Å². The van der Waals surface area contributed by atoms with Crippen molar-refractivity contribution in [3.05, 3.63) is 59.7 Å². The Hall–Kier alpha value is -3.59. The molecule has 0 radical (unpaired) electrons. The first-order valence-corrected chi connectivity index (χ1v) is 8.26. The molecule has 2 rings (SSSR count). The number of ether oxygens (including phenoxy) is 1. The van der Waals surface area contributed by atoms with E-state index in [1.165, 1.54) is 18.9 Å². The van der Waals surface area contributed by atoms with E-state index in [1.54, 1.807) is 48.5 Å². The quantitative estimate of drug-likeness (QED) is 0.603. The summed E-state index contributed by atoms with van der Waals surface area (Å²) in [5, 5.41) is 2.49. The van der Waals surface area contributed by atoms with Crippen LogP contribution in [0.25, 0.3) is 0 Å². The molecule has 0 bridgehead atoms. The van der Waals surface area contributed by atoms with E-state index in [0.29, 0.717) is 22.6 Å². The van der Waals surface area contributed by atoms with Crippen molar-refractivity contribution in [2.24, 2.45) is 0 Å². The Morgan fingerprint density at radius 3 is 2.56 bits per heavy atom. The summed E-state index contributed by atoms with van der Waals surface area (Å²) in [7, 11) is 1.49. The van der Waals surface area contributed by atoms with Gasteiger partial charge in [0, 0.05) is 23.9 Å². The zero-order valence-electron chi connectivity index (χ0n) is 15.2. The van der Waals surface area contributed by atoms with Gasteiger partial charge in [0.1, 0.15) is 12.3 Å². The lowest BCUT2D eigenvalue weighted by atomic mass is 10.1. The molecule has 0 saturated carbocycles. The zero-order chi connectivity index (χ0) is 19.8. The Morgan fingerprint density at radius 2 is 1.89 bits per heavy atom. The van der Waals surface area contributed by atoms with Crippen LogP contribution in [0.2, 0.25) is 0 Å². The second-order valence-electron chi connectivity index (χ2n) is 5.72. The number of hydrogen-bond donors (Lipinski definition) is 1. The molecule has 138 valence electrons. The van der Waals surface area contributed by atoms with Crippen molar-refractivity contribution in [1.82, 2.24) is 5.32 Å². The molecule has 1 N–H and O–H groups in total. The van der Waals surface area contributed by atoms with Gasteiger partial charge in [0.15, 0.2) is 12.4 Å². The first-order valence-electron chi connectivity index (χ1n) is 8.26. The van der Waals surface area contributed by atoms with E-state index in [1.807, 2.05) is 0 Å². The zero-order valence-corrected chi connectivity index (χ0v) is 15.2. The number of benzene rings is 2. The van der Waals surface area contributed by atoms with E-state index in [0.717, 1.165) is 0 Å². The number of rotatable bonds is 7. The third kappa shape index (κ3) is 5.44. The Bertz CT molecular complexity index is 899. The molecule has 0 spiro atoms. The van der Waals surface area contributed by atoms with Crippen LogP contribution in [-0.4, -0.2) is 37.8 Å². The van der Waals surface area contributed by atoms with Crippen LogP contribution in [0.5, 0.6) is 5.75 Å². The molecule has 0 saturated heterocycles. The molecule has 6 nitrogen and oxygen atoms in total. The number of ketones is 1. The van der Waals surface area contributed by atoms with Gasteiger partial charge in [0.05, 0.1) is 0 Å². The van der Waals surface area contributed by atoms with Crippen LogP contribution >= 0.6 is 0 Å². The molecule has 2 aromatic carbocycles. The third-order valence-electron chi connectivity index (χ3n) is 3.81. The first kappa shape index (κ1) is 19.7. The summed E-state index contributed by atoms with van der Waals surface area (Å²) in [5.41, 5.74) is 1.58. The summed E-state index contributed by atoms with van der Waals surface area (Å²) < 4.78 is 5.52. The van der Waals surface area contributed by atoms with Crippen molar-refractivity contribution in [3.8, 4) is 18.1 Å². The minimum absolute atomic E-state index is 0.0980. The SMILES string of the molecule is C#Cc1cccc(N(CC(=O)NC)C(=O)COc2cccc(C(C)=O)c2)c1. The van der Waals surface area contributed by atoms with Gasteiger partial charge >= 0.3 is 0 Å². The first-order chi connectivity index (χ1) is 12.9. The maximum absolute atomic E-state index is 12.7. The molecule has 27 heavy (non-hydrogen) atoms. The maximum atomic E-state index is 12.7. The van der Waals surface area contributed by atoms with Crippen molar-refractivity contribution < 1.29 is 19.1 Å². The standard InChI is InChI=1S/C21H20N2O4/c1-4-16-7-5-9-18(11-16)23(13-20(25)22-3)21(26)14-27-19-10-6-8-17(12-19)15(2)24/h1,5-12H,13-14H2,2-3H3,(H,22,25). The number of carbonyl (C=O) groups excluding carboxylic acids is 3. The lowest BCUT2D eigenvalue weighted by Gasteiger charge is -2.22. The summed E-state index contributed by atoms with van der Waals surface area (Å²) in [6, 6.07) is 13.4. The molecule has 0 fully saturated rings. The highest BCUT2D eigenvalue weighted by Crippen LogP contribution is 2.18. The van der Waals surface area contributed by atoms with E-state index in [2.05, 4.69) is 11.2 Å². The molecule has 6 heteroatoms. The highest BCUT2D eigenvalue weighted by atomic mass is 16.5. The summed E-state index contributed by atoms with van der Waals surface area (Å²) in [4.78, 5) is 37.3. The monoisotopic (exact) mass is 364 g/mol. The Morgan fingerprint density at radius 1 is 1.15 bits per heavy atom. The van der Waals surface area contributed by atoms with Gasteiger partial charge in [-0.1, -0.05) is 24.1 Å². The molecule has 0 aliphatic heterocycles. The predicted molar refractivity (Wildman–Crippen MR) is 103 cm³/mol. The van der Waals surface area contributed by atoms with E-state index in [9.17, 15) is 14.4 Å². The number of nitrogens with one attached hydrogen (secondary N) is 1. The van der Waals surface area contributed by atoms with E-state index in [4.69, 9.17) is 11.2 Å². The molecule has 0 aliphatic carbocycles. The van der Waals surface area contributed by atoms with Gasteiger partial charge in [0.2, 0.25) is 5.91 Å². The topological polar surface area (TPSA) is 75.7 Å². The Balaban J connectivity index is 2.18. The second kappa shape index (κ2) is 9.20. The minimum Gasteiger partial charge on any atom is -0.484 e. The summed E-state index contributed by atoms with van der Waals surface area (Å²) in [6.07, 6.45) is 5.41. The van der Waals surface area contributed by atoms with Crippen LogP contribution in [0.3, 0.4) is 0 Å². The highest BCUT2D eigenvalue weighted by Gasteiger charge is 2.19. The molecule has 2 aromatic rings. The lowest BCUT2D eigenvalue weighted by molar-refractivity contribution is -0.124. The van der Waals surface area contributed by atoms with Crippen LogP contribution in [-0.2, 0) is 9.59 Å². The van der Waals surface area contributed by atoms with Gasteiger partial charge in [-0.15, -0.1) is 6.42 Å². The highest BCUT2D eigenvalue weighted by molar-refractivity contribution is 5.99.